The minimum absolute atomic E-state index is 0.00986. The van der Waals surface area contributed by atoms with Gasteiger partial charge in [-0.15, -0.1) is 0 Å². The van der Waals surface area contributed by atoms with Crippen LogP contribution in [0.4, 0.5) is 0 Å². The summed E-state index contributed by atoms with van der Waals surface area (Å²) in [6.07, 6.45) is 1.89. The van der Waals surface area contributed by atoms with Gasteiger partial charge >= 0.3 is 5.97 Å². The molecule has 1 aliphatic heterocycles. The van der Waals surface area contributed by atoms with Crippen molar-refractivity contribution in [2.45, 2.75) is 26.2 Å². The second-order valence-electron chi connectivity index (χ2n) is 9.17. The topological polar surface area (TPSA) is 74.2 Å². The van der Waals surface area contributed by atoms with E-state index in [1.54, 1.807) is 20.3 Å². The van der Waals surface area contributed by atoms with E-state index in [1.165, 1.54) is 5.56 Å². The lowest BCUT2D eigenvalue weighted by molar-refractivity contribution is -0.145. The lowest BCUT2D eigenvalue weighted by Crippen LogP contribution is -2.33. The van der Waals surface area contributed by atoms with Gasteiger partial charge in [-0.2, -0.15) is 0 Å². The molecule has 0 aliphatic carbocycles. The average molecular weight is 477 g/mol. The molecule has 0 unspecified atom stereocenters. The Labute approximate surface area is 206 Å². The zero-order valence-corrected chi connectivity index (χ0v) is 20.5. The van der Waals surface area contributed by atoms with E-state index in [9.17, 15) is 9.90 Å². The van der Waals surface area contributed by atoms with Crippen molar-refractivity contribution in [3.05, 3.63) is 83.4 Å². The van der Waals surface area contributed by atoms with Gasteiger partial charge in [-0.25, -0.2) is 0 Å². The fraction of sp³-hybridized carbons (Fsp3) is 0.345. The largest absolute Gasteiger partial charge is 0.504 e. The Morgan fingerprint density at radius 3 is 2.37 bits per heavy atom. The molecule has 3 aromatic rings. The number of hydrogen-bond acceptors (Lipinski definition) is 6. The standard InChI is InChI=1S/C29H32O6/c1-29(23(19-35-28(29)31)15-21-10-12-25(32-2)27(16-21)33-3)18-22-9-11-24(30)26(17-22)34-14-13-20-7-5-4-6-8-20/h4-12,16-17,23,30H,13-15,18-19H2,1-3H3/t23-,29+/m0/s1. The van der Waals surface area contributed by atoms with Crippen molar-refractivity contribution >= 4 is 5.97 Å². The van der Waals surface area contributed by atoms with Gasteiger partial charge in [0.05, 0.1) is 32.8 Å². The van der Waals surface area contributed by atoms with Crippen LogP contribution in [0, 0.1) is 11.3 Å². The van der Waals surface area contributed by atoms with Crippen LogP contribution in [0.2, 0.25) is 0 Å². The third-order valence-electron chi connectivity index (χ3n) is 6.80. The van der Waals surface area contributed by atoms with Crippen LogP contribution < -0.4 is 14.2 Å². The number of rotatable bonds is 10. The molecule has 1 saturated heterocycles. The van der Waals surface area contributed by atoms with Gasteiger partial charge in [0.1, 0.15) is 0 Å². The number of cyclic esters (lactones) is 1. The smallest absolute Gasteiger partial charge is 0.312 e. The first-order valence-electron chi connectivity index (χ1n) is 11.8. The predicted molar refractivity (Wildman–Crippen MR) is 133 cm³/mol. The zero-order valence-electron chi connectivity index (χ0n) is 20.5. The highest BCUT2D eigenvalue weighted by atomic mass is 16.5. The minimum atomic E-state index is -0.703. The number of phenols is 1. The third-order valence-corrected chi connectivity index (χ3v) is 6.80. The van der Waals surface area contributed by atoms with Crippen LogP contribution in [0.15, 0.2) is 66.7 Å². The molecule has 3 aromatic carbocycles. The van der Waals surface area contributed by atoms with Crippen molar-refractivity contribution in [3.63, 3.8) is 0 Å². The van der Waals surface area contributed by atoms with Crippen molar-refractivity contribution in [1.82, 2.24) is 0 Å². The van der Waals surface area contributed by atoms with Crippen molar-refractivity contribution < 1.29 is 28.8 Å². The van der Waals surface area contributed by atoms with Crippen LogP contribution in [-0.2, 0) is 28.8 Å². The number of carbonyl (C=O) groups excluding carboxylic acids is 1. The number of hydrogen-bond donors (Lipinski definition) is 1. The summed E-state index contributed by atoms with van der Waals surface area (Å²) in [5.74, 6) is 1.62. The zero-order chi connectivity index (χ0) is 24.8. The molecule has 2 atom stereocenters. The summed E-state index contributed by atoms with van der Waals surface area (Å²) in [6.45, 7) is 2.76. The number of benzene rings is 3. The maximum Gasteiger partial charge on any atom is 0.312 e. The minimum Gasteiger partial charge on any atom is -0.504 e. The monoisotopic (exact) mass is 476 g/mol. The van der Waals surface area contributed by atoms with Crippen molar-refractivity contribution in [2.24, 2.45) is 11.3 Å². The van der Waals surface area contributed by atoms with Gasteiger partial charge in [0.25, 0.3) is 0 Å². The maximum atomic E-state index is 12.9. The molecular weight excluding hydrogens is 444 g/mol. The van der Waals surface area contributed by atoms with Crippen LogP contribution in [0.25, 0.3) is 0 Å². The number of ether oxygens (including phenoxy) is 4. The second kappa shape index (κ2) is 10.7. The van der Waals surface area contributed by atoms with E-state index in [0.29, 0.717) is 43.3 Å². The molecule has 6 nitrogen and oxygen atoms in total. The van der Waals surface area contributed by atoms with Crippen LogP contribution in [0.5, 0.6) is 23.0 Å². The predicted octanol–water partition coefficient (Wildman–Crippen LogP) is 5.00. The summed E-state index contributed by atoms with van der Waals surface area (Å²) in [4.78, 5) is 12.9. The van der Waals surface area contributed by atoms with E-state index in [-0.39, 0.29) is 17.6 Å². The fourth-order valence-electron chi connectivity index (χ4n) is 4.62. The lowest BCUT2D eigenvalue weighted by atomic mass is 9.72. The van der Waals surface area contributed by atoms with Gasteiger partial charge < -0.3 is 24.1 Å². The highest BCUT2D eigenvalue weighted by Gasteiger charge is 2.48. The summed E-state index contributed by atoms with van der Waals surface area (Å²) in [6, 6.07) is 21.2. The molecule has 1 fully saturated rings. The van der Waals surface area contributed by atoms with Gasteiger partial charge in [-0.05, 0) is 60.7 Å². The quantitative estimate of drug-likeness (QED) is 0.416. The molecule has 0 saturated carbocycles. The summed E-state index contributed by atoms with van der Waals surface area (Å²) >= 11 is 0. The van der Waals surface area contributed by atoms with E-state index >= 15 is 0 Å². The molecule has 184 valence electrons. The van der Waals surface area contributed by atoms with Crippen LogP contribution in [0.3, 0.4) is 0 Å². The SMILES string of the molecule is COc1ccc(C[C@H]2COC(=O)[C@]2(C)Cc2ccc(O)c(OCCc3ccccc3)c2)cc1OC. The van der Waals surface area contributed by atoms with E-state index < -0.39 is 5.41 Å². The molecule has 0 bridgehead atoms. The van der Waals surface area contributed by atoms with Gasteiger partial charge in [-0.1, -0.05) is 42.5 Å². The van der Waals surface area contributed by atoms with Crippen LogP contribution >= 0.6 is 0 Å². The molecule has 0 amide bonds. The number of carbonyl (C=O) groups is 1. The Hall–Kier alpha value is -3.67. The van der Waals surface area contributed by atoms with Crippen LogP contribution in [0.1, 0.15) is 23.6 Å². The first-order valence-corrected chi connectivity index (χ1v) is 11.8. The number of aromatic hydroxyl groups is 1. The Morgan fingerprint density at radius 2 is 1.63 bits per heavy atom. The fourth-order valence-corrected chi connectivity index (χ4v) is 4.62. The second-order valence-corrected chi connectivity index (χ2v) is 9.17. The van der Waals surface area contributed by atoms with E-state index in [2.05, 4.69) is 0 Å². The number of phenolic OH excluding ortho intramolecular Hbond substituents is 1. The van der Waals surface area contributed by atoms with Gasteiger partial charge in [-0.3, -0.25) is 4.79 Å². The molecule has 0 spiro atoms. The molecule has 6 heteroatoms. The summed E-state index contributed by atoms with van der Waals surface area (Å²) in [5.41, 5.74) is 2.43. The normalized spacial score (nSPS) is 19.3. The highest BCUT2D eigenvalue weighted by molar-refractivity contribution is 5.79. The van der Waals surface area contributed by atoms with E-state index in [1.807, 2.05) is 67.6 Å². The molecule has 1 N–H and O–H groups in total. The van der Waals surface area contributed by atoms with Crippen molar-refractivity contribution in [2.75, 3.05) is 27.4 Å². The van der Waals surface area contributed by atoms with Gasteiger partial charge in [0.15, 0.2) is 23.0 Å². The van der Waals surface area contributed by atoms with Crippen molar-refractivity contribution in [3.8, 4) is 23.0 Å². The molecule has 0 aromatic heterocycles. The average Bonchev–Trinajstić information content (AvgIpc) is 3.14. The molecule has 0 radical (unpaired) electrons. The number of methoxy groups -OCH3 is 2. The van der Waals surface area contributed by atoms with Crippen LogP contribution in [-0.4, -0.2) is 38.5 Å². The van der Waals surface area contributed by atoms with Gasteiger partial charge in [0, 0.05) is 12.3 Å². The Kier molecular flexibility index (Phi) is 7.49. The third kappa shape index (κ3) is 5.53. The highest BCUT2D eigenvalue weighted by Crippen LogP contribution is 2.42. The van der Waals surface area contributed by atoms with Gasteiger partial charge in [0.2, 0.25) is 0 Å². The molecular formula is C29H32O6. The number of esters is 1. The molecule has 4 rings (SSSR count). The first-order chi connectivity index (χ1) is 16.9. The molecule has 35 heavy (non-hydrogen) atoms. The maximum absolute atomic E-state index is 12.9. The Morgan fingerprint density at radius 1 is 0.914 bits per heavy atom. The Bertz CT molecular complexity index is 1160. The van der Waals surface area contributed by atoms with Crippen molar-refractivity contribution in [1.29, 1.82) is 0 Å². The summed E-state index contributed by atoms with van der Waals surface area (Å²) in [5, 5.41) is 10.3. The van der Waals surface area contributed by atoms with E-state index in [4.69, 9.17) is 18.9 Å². The van der Waals surface area contributed by atoms with E-state index in [0.717, 1.165) is 17.5 Å². The summed E-state index contributed by atoms with van der Waals surface area (Å²) in [7, 11) is 3.22. The first kappa shape index (κ1) is 24.5. The lowest BCUT2D eigenvalue weighted by Gasteiger charge is -2.27. The molecule has 1 heterocycles. The molecule has 1 aliphatic rings. The Balaban J connectivity index is 1.47. The summed E-state index contributed by atoms with van der Waals surface area (Å²) < 4.78 is 22.2.